The standard InChI is InChI=1S/C31H35NO2/c1-5-6-12-27-21-22-29(25-13-15-26(16-14-25)30(33)34-31(2,3)4)32(27)28-19-17-24(18-20-28)23-10-8-7-9-11-23/h5,7-11,13-20,27,29H,1,6,12,21-22H2,2-4H3/t27-,29-/m1/s1. The third-order valence-electron chi connectivity index (χ3n) is 6.41. The Bertz CT molecular complexity index is 1090. The van der Waals surface area contributed by atoms with E-state index in [0.717, 1.165) is 25.7 Å². The lowest BCUT2D eigenvalue weighted by molar-refractivity contribution is 0.00695. The summed E-state index contributed by atoms with van der Waals surface area (Å²) in [6, 6.07) is 28.1. The lowest BCUT2D eigenvalue weighted by Gasteiger charge is -2.33. The maximum atomic E-state index is 12.5. The first kappa shape index (κ1) is 23.8. The Kier molecular flexibility index (Phi) is 7.21. The Hall–Kier alpha value is -3.33. The van der Waals surface area contributed by atoms with E-state index in [1.54, 1.807) is 0 Å². The van der Waals surface area contributed by atoms with Gasteiger partial charge >= 0.3 is 5.97 Å². The zero-order chi connectivity index (χ0) is 24.1. The van der Waals surface area contributed by atoms with Gasteiger partial charge in [0.25, 0.3) is 0 Å². The van der Waals surface area contributed by atoms with Crippen molar-refractivity contribution in [2.24, 2.45) is 0 Å². The minimum Gasteiger partial charge on any atom is -0.456 e. The number of hydrogen-bond donors (Lipinski definition) is 0. The highest BCUT2D eigenvalue weighted by molar-refractivity contribution is 5.89. The number of carbonyl (C=O) groups is 1. The molecule has 0 amide bonds. The van der Waals surface area contributed by atoms with Crippen molar-refractivity contribution in [3.8, 4) is 11.1 Å². The number of ether oxygens (including phenoxy) is 1. The van der Waals surface area contributed by atoms with Crippen molar-refractivity contribution in [1.82, 2.24) is 0 Å². The summed E-state index contributed by atoms with van der Waals surface area (Å²) in [4.78, 5) is 15.0. The Morgan fingerprint density at radius 2 is 1.59 bits per heavy atom. The van der Waals surface area contributed by atoms with Crippen LogP contribution in [0.1, 0.15) is 68.4 Å². The quantitative estimate of drug-likeness (QED) is 0.268. The van der Waals surface area contributed by atoms with Crippen molar-refractivity contribution in [1.29, 1.82) is 0 Å². The summed E-state index contributed by atoms with van der Waals surface area (Å²) in [7, 11) is 0. The molecule has 3 heteroatoms. The molecule has 34 heavy (non-hydrogen) atoms. The zero-order valence-electron chi connectivity index (χ0n) is 20.5. The number of benzene rings is 3. The van der Waals surface area contributed by atoms with E-state index >= 15 is 0 Å². The van der Waals surface area contributed by atoms with E-state index in [1.165, 1.54) is 22.4 Å². The van der Waals surface area contributed by atoms with Gasteiger partial charge in [-0.25, -0.2) is 4.79 Å². The Morgan fingerprint density at radius 3 is 2.21 bits per heavy atom. The Morgan fingerprint density at radius 1 is 0.941 bits per heavy atom. The van der Waals surface area contributed by atoms with Crippen LogP contribution in [0.5, 0.6) is 0 Å². The highest BCUT2D eigenvalue weighted by atomic mass is 16.6. The SMILES string of the molecule is C=CCC[C@@H]1CC[C@H](c2ccc(C(=O)OC(C)(C)C)cc2)N1c1ccc(-c2ccccc2)cc1. The molecule has 0 unspecified atom stereocenters. The first-order chi connectivity index (χ1) is 16.4. The molecule has 4 rings (SSSR count). The predicted octanol–water partition coefficient (Wildman–Crippen LogP) is 7.99. The summed E-state index contributed by atoms with van der Waals surface area (Å²) in [5.74, 6) is -0.275. The van der Waals surface area contributed by atoms with Crippen LogP contribution < -0.4 is 4.90 Å². The fourth-order valence-electron chi connectivity index (χ4n) is 4.83. The fraction of sp³-hybridized carbons (Fsp3) is 0.323. The molecule has 0 N–H and O–H groups in total. The molecule has 0 aliphatic carbocycles. The Balaban J connectivity index is 1.59. The van der Waals surface area contributed by atoms with Gasteiger partial charge in [0.2, 0.25) is 0 Å². The van der Waals surface area contributed by atoms with Crippen LogP contribution in [0.15, 0.2) is 91.5 Å². The molecule has 0 radical (unpaired) electrons. The summed E-state index contributed by atoms with van der Waals surface area (Å²) < 4.78 is 5.53. The average Bonchev–Trinajstić information content (AvgIpc) is 3.26. The van der Waals surface area contributed by atoms with Gasteiger partial charge in [-0.15, -0.1) is 6.58 Å². The molecule has 1 saturated heterocycles. The number of rotatable bonds is 7. The van der Waals surface area contributed by atoms with Gasteiger partial charge in [-0.2, -0.15) is 0 Å². The Labute approximate surface area is 204 Å². The smallest absolute Gasteiger partial charge is 0.338 e. The molecule has 176 valence electrons. The number of allylic oxidation sites excluding steroid dienone is 1. The molecule has 0 bridgehead atoms. The van der Waals surface area contributed by atoms with E-state index in [2.05, 4.69) is 72.1 Å². The largest absolute Gasteiger partial charge is 0.456 e. The summed E-state index contributed by atoms with van der Waals surface area (Å²) >= 11 is 0. The van der Waals surface area contributed by atoms with E-state index in [4.69, 9.17) is 4.74 Å². The number of carbonyl (C=O) groups excluding carboxylic acids is 1. The highest BCUT2D eigenvalue weighted by Gasteiger charge is 2.34. The van der Waals surface area contributed by atoms with Gasteiger partial charge in [-0.1, -0.05) is 60.7 Å². The lowest BCUT2D eigenvalue weighted by atomic mass is 10.0. The molecule has 1 aliphatic rings. The maximum Gasteiger partial charge on any atom is 0.338 e. The van der Waals surface area contributed by atoms with E-state index < -0.39 is 5.60 Å². The van der Waals surface area contributed by atoms with E-state index in [-0.39, 0.29) is 12.0 Å². The van der Waals surface area contributed by atoms with Gasteiger partial charge < -0.3 is 9.64 Å². The summed E-state index contributed by atoms with van der Waals surface area (Å²) in [5, 5.41) is 0. The molecule has 1 heterocycles. The number of nitrogens with zero attached hydrogens (tertiary/aromatic N) is 1. The van der Waals surface area contributed by atoms with Gasteiger partial charge in [-0.05, 0) is 87.4 Å². The van der Waals surface area contributed by atoms with Crippen LogP contribution >= 0.6 is 0 Å². The molecule has 3 aromatic carbocycles. The average molecular weight is 454 g/mol. The fourth-order valence-corrected chi connectivity index (χ4v) is 4.83. The van der Waals surface area contributed by atoms with Crippen LogP contribution in [-0.2, 0) is 4.74 Å². The normalized spacial score (nSPS) is 18.0. The summed E-state index contributed by atoms with van der Waals surface area (Å²) in [6.07, 6.45) is 6.35. The van der Waals surface area contributed by atoms with Crippen molar-refractivity contribution in [3.63, 3.8) is 0 Å². The second-order valence-electron chi connectivity index (χ2n) is 10.1. The van der Waals surface area contributed by atoms with Crippen molar-refractivity contribution in [3.05, 3.63) is 103 Å². The van der Waals surface area contributed by atoms with Crippen molar-refractivity contribution < 1.29 is 9.53 Å². The topological polar surface area (TPSA) is 29.5 Å². The zero-order valence-corrected chi connectivity index (χ0v) is 20.5. The highest BCUT2D eigenvalue weighted by Crippen LogP contribution is 2.42. The molecule has 3 aromatic rings. The van der Waals surface area contributed by atoms with E-state index in [1.807, 2.05) is 45.0 Å². The van der Waals surface area contributed by atoms with Gasteiger partial charge in [0.05, 0.1) is 11.6 Å². The molecule has 0 saturated carbocycles. The summed E-state index contributed by atoms with van der Waals surface area (Å²) in [5.41, 5.74) is 5.03. The molecule has 1 aliphatic heterocycles. The second kappa shape index (κ2) is 10.3. The van der Waals surface area contributed by atoms with Crippen molar-refractivity contribution in [2.45, 2.75) is 64.1 Å². The molecular formula is C31H35NO2. The molecule has 0 spiro atoms. The number of esters is 1. The van der Waals surface area contributed by atoms with Crippen LogP contribution in [0.3, 0.4) is 0 Å². The third kappa shape index (κ3) is 5.59. The van der Waals surface area contributed by atoms with Crippen molar-refractivity contribution >= 4 is 11.7 Å². The van der Waals surface area contributed by atoms with E-state index in [9.17, 15) is 4.79 Å². The monoisotopic (exact) mass is 453 g/mol. The lowest BCUT2D eigenvalue weighted by Crippen LogP contribution is -2.31. The molecule has 0 aromatic heterocycles. The number of anilines is 1. The van der Waals surface area contributed by atoms with Gasteiger partial charge in [0, 0.05) is 11.7 Å². The van der Waals surface area contributed by atoms with Gasteiger partial charge in [-0.3, -0.25) is 0 Å². The van der Waals surface area contributed by atoms with E-state index in [0.29, 0.717) is 11.6 Å². The maximum absolute atomic E-state index is 12.5. The van der Waals surface area contributed by atoms with Crippen molar-refractivity contribution in [2.75, 3.05) is 4.90 Å². The second-order valence-corrected chi connectivity index (χ2v) is 10.1. The molecular weight excluding hydrogens is 418 g/mol. The molecule has 3 nitrogen and oxygen atoms in total. The minimum absolute atomic E-state index is 0.275. The van der Waals surface area contributed by atoms with Gasteiger partial charge in [0.1, 0.15) is 5.60 Å². The minimum atomic E-state index is -0.498. The first-order valence-corrected chi connectivity index (χ1v) is 12.2. The van der Waals surface area contributed by atoms with Crippen LogP contribution in [0, 0.1) is 0 Å². The van der Waals surface area contributed by atoms with Crippen LogP contribution in [0.4, 0.5) is 5.69 Å². The molecule has 2 atom stereocenters. The summed E-state index contributed by atoms with van der Waals surface area (Å²) in [6.45, 7) is 9.60. The van der Waals surface area contributed by atoms with Crippen LogP contribution in [-0.4, -0.2) is 17.6 Å². The van der Waals surface area contributed by atoms with Crippen LogP contribution in [0.2, 0.25) is 0 Å². The van der Waals surface area contributed by atoms with Crippen LogP contribution in [0.25, 0.3) is 11.1 Å². The number of hydrogen-bond acceptors (Lipinski definition) is 3. The third-order valence-corrected chi connectivity index (χ3v) is 6.41. The first-order valence-electron chi connectivity index (χ1n) is 12.2. The predicted molar refractivity (Wildman–Crippen MR) is 141 cm³/mol. The molecule has 1 fully saturated rings. The van der Waals surface area contributed by atoms with Gasteiger partial charge in [0.15, 0.2) is 0 Å².